The third kappa shape index (κ3) is 5.48. The monoisotopic (exact) mass is 392 g/mol. The fourth-order valence-corrected chi connectivity index (χ4v) is 3.10. The van der Waals surface area contributed by atoms with Crippen molar-refractivity contribution in [3.8, 4) is 0 Å². The molecule has 0 radical (unpaired) electrons. The largest absolute Gasteiger partial charge is 0.329 e. The SMILES string of the molecule is CCCN(CC(=O)Nc1cc(Cl)ccc1Cl)C(=O)c1cc(C)cc(C)c1. The highest BCUT2D eigenvalue weighted by atomic mass is 35.5. The van der Waals surface area contributed by atoms with E-state index in [0.717, 1.165) is 17.5 Å². The van der Waals surface area contributed by atoms with Crippen molar-refractivity contribution in [3.05, 3.63) is 63.1 Å². The number of hydrogen-bond acceptors (Lipinski definition) is 2. The molecule has 4 nitrogen and oxygen atoms in total. The molecule has 0 unspecified atom stereocenters. The molecule has 0 atom stereocenters. The van der Waals surface area contributed by atoms with E-state index in [9.17, 15) is 9.59 Å². The van der Waals surface area contributed by atoms with Crippen LogP contribution in [-0.2, 0) is 4.79 Å². The molecule has 2 aromatic carbocycles. The number of carbonyl (C=O) groups excluding carboxylic acids is 2. The lowest BCUT2D eigenvalue weighted by Gasteiger charge is -2.22. The Labute approximate surface area is 164 Å². The predicted octanol–water partition coefficient (Wildman–Crippen LogP) is 5.10. The summed E-state index contributed by atoms with van der Waals surface area (Å²) in [5, 5.41) is 3.59. The first kappa shape index (κ1) is 20.3. The molecule has 26 heavy (non-hydrogen) atoms. The lowest BCUT2D eigenvalue weighted by Crippen LogP contribution is -2.38. The number of nitrogens with one attached hydrogen (secondary N) is 1. The molecule has 1 N–H and O–H groups in total. The van der Waals surface area contributed by atoms with Gasteiger partial charge in [-0.1, -0.05) is 47.3 Å². The summed E-state index contributed by atoms with van der Waals surface area (Å²) in [6.45, 7) is 6.29. The van der Waals surface area contributed by atoms with Gasteiger partial charge in [-0.3, -0.25) is 9.59 Å². The summed E-state index contributed by atoms with van der Waals surface area (Å²) in [4.78, 5) is 26.8. The smallest absolute Gasteiger partial charge is 0.254 e. The van der Waals surface area contributed by atoms with Gasteiger partial charge in [0.15, 0.2) is 0 Å². The molecule has 0 aliphatic carbocycles. The molecule has 0 spiro atoms. The molecule has 0 bridgehead atoms. The van der Waals surface area contributed by atoms with Crippen molar-refractivity contribution in [1.82, 2.24) is 4.90 Å². The van der Waals surface area contributed by atoms with Crippen LogP contribution < -0.4 is 5.32 Å². The van der Waals surface area contributed by atoms with Gasteiger partial charge in [0.05, 0.1) is 10.7 Å². The minimum absolute atomic E-state index is 0.0531. The van der Waals surface area contributed by atoms with Crippen LogP contribution in [0.1, 0.15) is 34.8 Å². The maximum absolute atomic E-state index is 12.8. The molecule has 0 heterocycles. The molecule has 0 saturated carbocycles. The van der Waals surface area contributed by atoms with E-state index >= 15 is 0 Å². The van der Waals surface area contributed by atoms with Gasteiger partial charge in [-0.25, -0.2) is 0 Å². The summed E-state index contributed by atoms with van der Waals surface area (Å²) in [6, 6.07) is 10.5. The van der Waals surface area contributed by atoms with Crippen LogP contribution in [-0.4, -0.2) is 29.8 Å². The Balaban J connectivity index is 2.15. The highest BCUT2D eigenvalue weighted by molar-refractivity contribution is 6.35. The molecule has 2 aromatic rings. The van der Waals surface area contributed by atoms with E-state index in [-0.39, 0.29) is 18.4 Å². The van der Waals surface area contributed by atoms with Gasteiger partial charge in [0.25, 0.3) is 5.91 Å². The standard InChI is InChI=1S/C20H22Cl2N2O2/c1-4-7-24(20(26)15-9-13(2)8-14(3)10-15)12-19(25)23-18-11-16(21)5-6-17(18)22/h5-6,8-11H,4,7,12H2,1-3H3,(H,23,25). The van der Waals surface area contributed by atoms with Gasteiger partial charge in [-0.05, 0) is 50.6 Å². The molecule has 2 amide bonds. The van der Waals surface area contributed by atoms with Crippen LogP contribution in [0.3, 0.4) is 0 Å². The van der Waals surface area contributed by atoms with Gasteiger partial charge in [-0.15, -0.1) is 0 Å². The van der Waals surface area contributed by atoms with Gasteiger partial charge >= 0.3 is 0 Å². The van der Waals surface area contributed by atoms with E-state index in [1.807, 2.05) is 39.0 Å². The molecule has 0 aliphatic heterocycles. The van der Waals surface area contributed by atoms with E-state index < -0.39 is 0 Å². The summed E-state index contributed by atoms with van der Waals surface area (Å²) in [5.74, 6) is -0.480. The highest BCUT2D eigenvalue weighted by Crippen LogP contribution is 2.25. The van der Waals surface area contributed by atoms with Crippen LogP contribution in [0.2, 0.25) is 10.0 Å². The van der Waals surface area contributed by atoms with Crippen molar-refractivity contribution in [1.29, 1.82) is 0 Å². The first-order valence-electron chi connectivity index (χ1n) is 8.42. The van der Waals surface area contributed by atoms with Crippen molar-refractivity contribution < 1.29 is 9.59 Å². The maximum Gasteiger partial charge on any atom is 0.254 e. The minimum Gasteiger partial charge on any atom is -0.329 e. The van der Waals surface area contributed by atoms with Gasteiger partial charge in [0, 0.05) is 17.1 Å². The summed E-state index contributed by atoms with van der Waals surface area (Å²) in [7, 11) is 0. The van der Waals surface area contributed by atoms with E-state index in [0.29, 0.717) is 27.8 Å². The molecule has 0 saturated heterocycles. The van der Waals surface area contributed by atoms with Crippen LogP contribution in [0, 0.1) is 13.8 Å². The van der Waals surface area contributed by atoms with Crippen LogP contribution in [0.15, 0.2) is 36.4 Å². The average molecular weight is 393 g/mol. The molecular formula is C20H22Cl2N2O2. The van der Waals surface area contributed by atoms with Crippen LogP contribution in [0.5, 0.6) is 0 Å². The number of aryl methyl sites for hydroxylation is 2. The highest BCUT2D eigenvalue weighted by Gasteiger charge is 2.19. The van der Waals surface area contributed by atoms with Crippen molar-refractivity contribution in [3.63, 3.8) is 0 Å². The normalized spacial score (nSPS) is 10.5. The second kappa shape index (κ2) is 9.06. The van der Waals surface area contributed by atoms with Gasteiger partial charge < -0.3 is 10.2 Å². The zero-order valence-electron chi connectivity index (χ0n) is 15.1. The number of nitrogens with zero attached hydrogens (tertiary/aromatic N) is 1. The van der Waals surface area contributed by atoms with Crippen LogP contribution in [0.4, 0.5) is 5.69 Å². The van der Waals surface area contributed by atoms with Gasteiger partial charge in [0.2, 0.25) is 5.91 Å². The number of benzene rings is 2. The van der Waals surface area contributed by atoms with Crippen molar-refractivity contribution in [2.75, 3.05) is 18.4 Å². The number of halogens is 2. The second-order valence-electron chi connectivity index (χ2n) is 6.28. The number of anilines is 1. The van der Waals surface area contributed by atoms with E-state index in [4.69, 9.17) is 23.2 Å². The molecule has 6 heteroatoms. The molecule has 2 rings (SSSR count). The Morgan fingerprint density at radius 3 is 2.31 bits per heavy atom. The fourth-order valence-electron chi connectivity index (χ4n) is 2.76. The van der Waals surface area contributed by atoms with E-state index in [2.05, 4.69) is 5.32 Å². The van der Waals surface area contributed by atoms with E-state index in [1.165, 1.54) is 0 Å². The Hall–Kier alpha value is -2.04. The van der Waals surface area contributed by atoms with Crippen molar-refractivity contribution in [2.45, 2.75) is 27.2 Å². The van der Waals surface area contributed by atoms with Crippen LogP contribution >= 0.6 is 23.2 Å². The summed E-state index contributed by atoms with van der Waals surface area (Å²) in [5.41, 5.74) is 3.05. The molecule has 0 aromatic heterocycles. The van der Waals surface area contributed by atoms with Crippen molar-refractivity contribution >= 4 is 40.7 Å². The summed E-state index contributed by atoms with van der Waals surface area (Å²) >= 11 is 12.0. The van der Waals surface area contributed by atoms with Crippen molar-refractivity contribution in [2.24, 2.45) is 0 Å². The first-order chi connectivity index (χ1) is 12.3. The number of amides is 2. The van der Waals surface area contributed by atoms with Gasteiger partial charge in [-0.2, -0.15) is 0 Å². The second-order valence-corrected chi connectivity index (χ2v) is 7.12. The topological polar surface area (TPSA) is 49.4 Å². The molecule has 0 fully saturated rings. The average Bonchev–Trinajstić information content (AvgIpc) is 2.56. The number of rotatable bonds is 6. The molecule has 0 aliphatic rings. The number of hydrogen-bond donors (Lipinski definition) is 1. The number of carbonyl (C=O) groups is 2. The lowest BCUT2D eigenvalue weighted by molar-refractivity contribution is -0.116. The fraction of sp³-hybridized carbons (Fsp3) is 0.300. The zero-order valence-corrected chi connectivity index (χ0v) is 16.6. The first-order valence-corrected chi connectivity index (χ1v) is 9.18. The van der Waals surface area contributed by atoms with Gasteiger partial charge in [0.1, 0.15) is 6.54 Å². The maximum atomic E-state index is 12.8. The molecule has 138 valence electrons. The Morgan fingerprint density at radius 1 is 1.04 bits per heavy atom. The lowest BCUT2D eigenvalue weighted by atomic mass is 10.1. The Bertz CT molecular complexity index is 801. The minimum atomic E-state index is -0.319. The van der Waals surface area contributed by atoms with E-state index in [1.54, 1.807) is 23.1 Å². The zero-order chi connectivity index (χ0) is 19.3. The Kier molecular flexibility index (Phi) is 7.06. The predicted molar refractivity (Wildman–Crippen MR) is 107 cm³/mol. The third-order valence-electron chi connectivity index (χ3n) is 3.79. The quantitative estimate of drug-likeness (QED) is 0.742. The summed E-state index contributed by atoms with van der Waals surface area (Å²) < 4.78 is 0. The molecular weight excluding hydrogens is 371 g/mol. The Morgan fingerprint density at radius 2 is 1.69 bits per heavy atom. The van der Waals surface area contributed by atoms with Crippen LogP contribution in [0.25, 0.3) is 0 Å². The third-order valence-corrected chi connectivity index (χ3v) is 4.35. The summed E-state index contributed by atoms with van der Waals surface area (Å²) in [6.07, 6.45) is 0.752.